The second-order valence-corrected chi connectivity index (χ2v) is 4.42. The van der Waals surface area contributed by atoms with Crippen molar-refractivity contribution >= 4 is 0 Å². The largest absolute Gasteiger partial charge is 0.320 e. The van der Waals surface area contributed by atoms with Gasteiger partial charge in [-0.05, 0) is 51.2 Å². The summed E-state index contributed by atoms with van der Waals surface area (Å²) in [5.41, 5.74) is 0. The highest BCUT2D eigenvalue weighted by Crippen LogP contribution is 2.39. The van der Waals surface area contributed by atoms with Gasteiger partial charge >= 0.3 is 0 Å². The topological polar surface area (TPSA) is 15.3 Å². The number of rotatable bonds is 4. The van der Waals surface area contributed by atoms with Crippen molar-refractivity contribution in [1.82, 2.24) is 10.2 Å². The number of nitrogens with one attached hydrogen (secondary N) is 1. The Morgan fingerprint density at radius 1 is 1.25 bits per heavy atom. The van der Waals surface area contributed by atoms with E-state index >= 15 is 0 Å². The molecule has 2 nitrogen and oxygen atoms in total. The second kappa shape index (κ2) is 3.75. The quantitative estimate of drug-likeness (QED) is 0.628. The lowest BCUT2D eigenvalue weighted by Crippen LogP contribution is -2.48. The zero-order chi connectivity index (χ0) is 8.39. The first-order chi connectivity index (χ1) is 5.88. The lowest BCUT2D eigenvalue weighted by Gasteiger charge is -2.47. The maximum absolute atomic E-state index is 3.20. The minimum atomic E-state index is 1.07. The van der Waals surface area contributed by atoms with Crippen LogP contribution in [0.3, 0.4) is 0 Å². The molecule has 70 valence electrons. The minimum Gasteiger partial charge on any atom is -0.320 e. The molecule has 1 N–H and O–H groups in total. The average molecular weight is 168 g/mol. The summed E-state index contributed by atoms with van der Waals surface area (Å²) in [6.07, 6.45) is 4.38. The van der Waals surface area contributed by atoms with Gasteiger partial charge in [-0.25, -0.2) is 0 Å². The zero-order valence-corrected chi connectivity index (χ0v) is 8.05. The van der Waals surface area contributed by atoms with Gasteiger partial charge in [0.1, 0.15) is 0 Å². The third-order valence-electron chi connectivity index (χ3n) is 3.27. The molecule has 0 spiro atoms. The molecule has 0 aromatic rings. The number of piperidine rings is 2. The highest BCUT2D eigenvalue weighted by Gasteiger charge is 2.36. The van der Waals surface area contributed by atoms with Gasteiger partial charge in [0.25, 0.3) is 0 Å². The Kier molecular flexibility index (Phi) is 2.66. The van der Waals surface area contributed by atoms with E-state index < -0.39 is 0 Å². The van der Waals surface area contributed by atoms with Crippen molar-refractivity contribution in [1.29, 1.82) is 0 Å². The smallest absolute Gasteiger partial charge is 0.00100 e. The highest BCUT2D eigenvalue weighted by molar-refractivity contribution is 4.89. The fourth-order valence-electron chi connectivity index (χ4n) is 2.64. The van der Waals surface area contributed by atoms with E-state index in [0.29, 0.717) is 0 Å². The fraction of sp³-hybridized carbons (Fsp3) is 1.00. The van der Waals surface area contributed by atoms with Gasteiger partial charge in [-0.2, -0.15) is 0 Å². The van der Waals surface area contributed by atoms with E-state index in [4.69, 9.17) is 0 Å². The van der Waals surface area contributed by atoms with Crippen LogP contribution in [0.2, 0.25) is 0 Å². The molecule has 0 aromatic carbocycles. The molecular weight excluding hydrogens is 148 g/mol. The van der Waals surface area contributed by atoms with Crippen molar-refractivity contribution in [3.63, 3.8) is 0 Å². The highest BCUT2D eigenvalue weighted by atomic mass is 15.1. The van der Waals surface area contributed by atoms with E-state index in [1.165, 1.54) is 45.4 Å². The molecule has 2 bridgehead atoms. The summed E-state index contributed by atoms with van der Waals surface area (Å²) in [5.74, 6) is 2.14. The Balaban J connectivity index is 1.62. The molecule has 0 unspecified atom stereocenters. The van der Waals surface area contributed by atoms with Crippen LogP contribution in [0.5, 0.6) is 0 Å². The van der Waals surface area contributed by atoms with E-state index in [-0.39, 0.29) is 0 Å². The van der Waals surface area contributed by atoms with E-state index in [0.717, 1.165) is 11.8 Å². The number of hydrogen-bond donors (Lipinski definition) is 1. The predicted octanol–water partition coefficient (Wildman–Crippen LogP) is 0.938. The van der Waals surface area contributed by atoms with Gasteiger partial charge in [-0.3, -0.25) is 0 Å². The van der Waals surface area contributed by atoms with Gasteiger partial charge in [0.15, 0.2) is 0 Å². The summed E-state index contributed by atoms with van der Waals surface area (Å²) in [5, 5.41) is 3.20. The standard InChI is InChI=1S/C10H20N2/c1-11-3-2-4-12-7-9-5-10(6-9)8-12/h9-11H,2-8H2,1H3. The van der Waals surface area contributed by atoms with Crippen LogP contribution in [0, 0.1) is 11.8 Å². The Hall–Kier alpha value is -0.0800. The Morgan fingerprint density at radius 3 is 2.50 bits per heavy atom. The van der Waals surface area contributed by atoms with Crippen molar-refractivity contribution in [3.05, 3.63) is 0 Å². The average Bonchev–Trinajstić information content (AvgIpc) is 2.04. The van der Waals surface area contributed by atoms with Gasteiger partial charge < -0.3 is 10.2 Å². The SMILES string of the molecule is CNCCCN1CC2CC(C2)C1. The van der Waals surface area contributed by atoms with E-state index in [2.05, 4.69) is 10.2 Å². The van der Waals surface area contributed by atoms with Crippen LogP contribution in [0.1, 0.15) is 19.3 Å². The van der Waals surface area contributed by atoms with E-state index in [9.17, 15) is 0 Å². The molecule has 12 heavy (non-hydrogen) atoms. The van der Waals surface area contributed by atoms with Crippen LogP contribution in [-0.4, -0.2) is 38.1 Å². The van der Waals surface area contributed by atoms with Gasteiger partial charge in [-0.1, -0.05) is 0 Å². The first-order valence-corrected chi connectivity index (χ1v) is 5.25. The number of nitrogens with zero attached hydrogens (tertiary/aromatic N) is 1. The lowest BCUT2D eigenvalue weighted by atomic mass is 9.71. The summed E-state index contributed by atoms with van der Waals surface area (Å²) in [4.78, 5) is 2.65. The third-order valence-corrected chi connectivity index (χ3v) is 3.27. The molecular formula is C10H20N2. The van der Waals surface area contributed by atoms with E-state index in [1.54, 1.807) is 0 Å². The maximum atomic E-state index is 3.20. The van der Waals surface area contributed by atoms with Crippen LogP contribution < -0.4 is 5.32 Å². The van der Waals surface area contributed by atoms with Crippen LogP contribution in [0.25, 0.3) is 0 Å². The number of hydrogen-bond acceptors (Lipinski definition) is 2. The molecule has 2 aliphatic heterocycles. The normalized spacial score (nSPS) is 34.8. The first-order valence-electron chi connectivity index (χ1n) is 5.25. The molecule has 0 aromatic heterocycles. The fourth-order valence-corrected chi connectivity index (χ4v) is 2.64. The van der Waals surface area contributed by atoms with Gasteiger partial charge in [0.05, 0.1) is 0 Å². The molecule has 2 heterocycles. The summed E-state index contributed by atoms with van der Waals surface area (Å²) < 4.78 is 0. The molecule has 3 fully saturated rings. The van der Waals surface area contributed by atoms with Crippen LogP contribution >= 0.6 is 0 Å². The summed E-state index contributed by atoms with van der Waals surface area (Å²) in [6, 6.07) is 0. The van der Waals surface area contributed by atoms with E-state index in [1.807, 2.05) is 7.05 Å². The van der Waals surface area contributed by atoms with Crippen LogP contribution in [0.4, 0.5) is 0 Å². The molecule has 0 radical (unpaired) electrons. The molecule has 0 atom stereocenters. The maximum Gasteiger partial charge on any atom is 0.00100 e. The lowest BCUT2D eigenvalue weighted by molar-refractivity contribution is 0.0272. The van der Waals surface area contributed by atoms with Gasteiger partial charge in [-0.15, -0.1) is 0 Å². The summed E-state index contributed by atoms with van der Waals surface area (Å²) in [6.45, 7) is 5.26. The molecule has 3 rings (SSSR count). The Labute approximate surface area is 75.3 Å². The van der Waals surface area contributed by atoms with Crippen LogP contribution in [0.15, 0.2) is 0 Å². The molecule has 2 saturated heterocycles. The van der Waals surface area contributed by atoms with Crippen molar-refractivity contribution < 1.29 is 0 Å². The number of fused-ring (bicyclic) bond motifs is 2. The van der Waals surface area contributed by atoms with Crippen molar-refractivity contribution in [2.45, 2.75) is 19.3 Å². The predicted molar refractivity (Wildman–Crippen MR) is 51.2 cm³/mol. The zero-order valence-electron chi connectivity index (χ0n) is 8.05. The molecule has 1 aliphatic carbocycles. The Morgan fingerprint density at radius 2 is 1.92 bits per heavy atom. The first kappa shape index (κ1) is 8.52. The van der Waals surface area contributed by atoms with Gasteiger partial charge in [0.2, 0.25) is 0 Å². The van der Waals surface area contributed by atoms with Crippen LogP contribution in [-0.2, 0) is 0 Å². The molecule has 0 amide bonds. The van der Waals surface area contributed by atoms with Crippen molar-refractivity contribution in [2.24, 2.45) is 11.8 Å². The minimum absolute atomic E-state index is 1.07. The summed E-state index contributed by atoms with van der Waals surface area (Å²) in [7, 11) is 2.04. The second-order valence-electron chi connectivity index (χ2n) is 4.42. The van der Waals surface area contributed by atoms with Crippen molar-refractivity contribution in [2.75, 3.05) is 33.2 Å². The molecule has 2 heteroatoms. The summed E-state index contributed by atoms with van der Waals surface area (Å²) >= 11 is 0. The monoisotopic (exact) mass is 168 g/mol. The van der Waals surface area contributed by atoms with Crippen molar-refractivity contribution in [3.8, 4) is 0 Å². The third kappa shape index (κ3) is 1.80. The van der Waals surface area contributed by atoms with Gasteiger partial charge in [0, 0.05) is 13.1 Å². The molecule has 3 aliphatic rings. The Bertz CT molecular complexity index is 131. The molecule has 1 saturated carbocycles.